The molecule has 0 radical (unpaired) electrons. The monoisotopic (exact) mass is 398 g/mol. The summed E-state index contributed by atoms with van der Waals surface area (Å²) >= 11 is 12.2. The Morgan fingerprint density at radius 3 is 2.42 bits per heavy atom. The van der Waals surface area contributed by atoms with Gasteiger partial charge in [0, 0.05) is 30.5 Å². The molecule has 1 aliphatic carbocycles. The van der Waals surface area contributed by atoms with Gasteiger partial charge in [0.2, 0.25) is 0 Å². The first-order valence-electron chi connectivity index (χ1n) is 8.76. The first-order chi connectivity index (χ1) is 12.2. The van der Waals surface area contributed by atoms with E-state index in [0.29, 0.717) is 41.6 Å². The van der Waals surface area contributed by atoms with E-state index in [1.165, 1.54) is 5.57 Å². The molecule has 1 aliphatic heterocycles. The fourth-order valence-electron chi connectivity index (χ4n) is 3.31. The maximum atomic E-state index is 12.2. The highest BCUT2D eigenvalue weighted by Gasteiger charge is 2.54. The first kappa shape index (κ1) is 19.3. The topological polar surface area (TPSA) is 50.8 Å². The fraction of sp³-hybridized carbons (Fsp3) is 0.526. The van der Waals surface area contributed by atoms with Crippen molar-refractivity contribution in [1.82, 2.24) is 10.4 Å². The van der Waals surface area contributed by atoms with E-state index in [4.69, 9.17) is 32.8 Å². The zero-order valence-corrected chi connectivity index (χ0v) is 16.9. The number of likely N-dealkylation sites (tertiary alicyclic amines) is 1. The second-order valence-corrected chi connectivity index (χ2v) is 8.41. The molecule has 0 spiro atoms. The highest BCUT2D eigenvalue weighted by molar-refractivity contribution is 6.42. The van der Waals surface area contributed by atoms with Gasteiger partial charge in [0.25, 0.3) is 0 Å². The largest absolute Gasteiger partial charge is 0.444 e. The van der Waals surface area contributed by atoms with Crippen LogP contribution in [0.1, 0.15) is 33.3 Å². The molecule has 5 nitrogen and oxygen atoms in total. The van der Waals surface area contributed by atoms with Crippen molar-refractivity contribution in [3.05, 3.63) is 39.4 Å². The Balaban J connectivity index is 1.76. The Labute approximate surface area is 164 Å². The van der Waals surface area contributed by atoms with E-state index in [1.807, 2.05) is 39.8 Å². The van der Waals surface area contributed by atoms with Crippen molar-refractivity contribution < 1.29 is 14.4 Å². The molecule has 1 saturated heterocycles. The summed E-state index contributed by atoms with van der Waals surface area (Å²) in [5.74, 6) is 0.639. The summed E-state index contributed by atoms with van der Waals surface area (Å²) in [4.78, 5) is 19.5. The number of fused-ring (bicyclic) bond motifs is 1. The minimum absolute atomic E-state index is 0.252. The Hall–Kier alpha value is -1.43. The molecule has 1 heterocycles. The van der Waals surface area contributed by atoms with Gasteiger partial charge in [0.05, 0.1) is 22.3 Å². The lowest BCUT2D eigenvalue weighted by molar-refractivity contribution is 0.0280. The molecule has 2 atom stereocenters. The summed E-state index contributed by atoms with van der Waals surface area (Å²) in [6, 6.07) is 5.53. The van der Waals surface area contributed by atoms with Gasteiger partial charge >= 0.3 is 6.09 Å². The molecule has 3 rings (SSSR count). The van der Waals surface area contributed by atoms with Gasteiger partial charge in [-0.3, -0.25) is 10.3 Å². The average molecular weight is 399 g/mol. The number of benzene rings is 1. The Morgan fingerprint density at radius 1 is 1.23 bits per heavy atom. The SMILES string of the molecule is CCONC(=C1C2CN(C(=O)OC(C)(C)C)CC12)c1ccc(Cl)c(Cl)c1. The third-order valence-electron chi connectivity index (χ3n) is 4.48. The standard InChI is InChI=1S/C19H24Cl2N2O3/c1-5-25-22-17(11-6-7-14(20)15(21)8-11)16-12-9-23(10-13(12)16)18(24)26-19(2,3)4/h6-8,12-13,22H,5,9-10H2,1-4H3. The summed E-state index contributed by atoms with van der Waals surface area (Å²) < 4.78 is 5.46. The van der Waals surface area contributed by atoms with E-state index in [9.17, 15) is 4.79 Å². The van der Waals surface area contributed by atoms with Crippen molar-refractivity contribution in [1.29, 1.82) is 0 Å². The van der Waals surface area contributed by atoms with E-state index in [0.717, 1.165) is 11.3 Å². The molecule has 1 aromatic rings. The molecule has 1 N–H and O–H groups in total. The number of amides is 1. The van der Waals surface area contributed by atoms with Crippen LogP contribution in [0.15, 0.2) is 23.8 Å². The number of rotatable bonds is 4. The average Bonchev–Trinajstić information content (AvgIpc) is 3.01. The molecule has 2 aliphatic rings. The zero-order chi connectivity index (χ0) is 19.1. The highest BCUT2D eigenvalue weighted by Crippen LogP contribution is 2.54. The number of halogens is 2. The van der Waals surface area contributed by atoms with Gasteiger partial charge in [-0.15, -0.1) is 0 Å². The predicted octanol–water partition coefficient (Wildman–Crippen LogP) is 4.74. The number of ether oxygens (including phenoxy) is 1. The molecule has 1 aromatic carbocycles. The molecule has 142 valence electrons. The lowest BCUT2D eigenvalue weighted by atomic mass is 10.1. The quantitative estimate of drug-likeness (QED) is 0.743. The molecule has 1 saturated carbocycles. The van der Waals surface area contributed by atoms with Crippen LogP contribution in [-0.4, -0.2) is 36.3 Å². The van der Waals surface area contributed by atoms with Gasteiger partial charge in [-0.2, -0.15) is 0 Å². The van der Waals surface area contributed by atoms with Gasteiger partial charge in [-0.05, 0) is 45.4 Å². The summed E-state index contributed by atoms with van der Waals surface area (Å²) in [6.07, 6.45) is -0.252. The number of nitrogens with one attached hydrogen (secondary N) is 1. The number of carbonyl (C=O) groups is 1. The van der Waals surface area contributed by atoms with Crippen LogP contribution in [0.5, 0.6) is 0 Å². The second-order valence-electron chi connectivity index (χ2n) is 7.59. The van der Waals surface area contributed by atoms with Crippen molar-refractivity contribution in [2.24, 2.45) is 11.8 Å². The lowest BCUT2D eigenvalue weighted by Crippen LogP contribution is -2.36. The van der Waals surface area contributed by atoms with Crippen LogP contribution in [0.25, 0.3) is 5.70 Å². The smallest absolute Gasteiger partial charge is 0.410 e. The second kappa shape index (κ2) is 7.29. The maximum absolute atomic E-state index is 12.2. The van der Waals surface area contributed by atoms with Gasteiger partial charge in [0.15, 0.2) is 0 Å². The number of carbonyl (C=O) groups excluding carboxylic acids is 1. The minimum Gasteiger partial charge on any atom is -0.444 e. The van der Waals surface area contributed by atoms with Crippen LogP contribution in [0.2, 0.25) is 10.0 Å². The van der Waals surface area contributed by atoms with Crippen molar-refractivity contribution in [3.8, 4) is 0 Å². The highest BCUT2D eigenvalue weighted by atomic mass is 35.5. The Bertz CT molecular complexity index is 729. The van der Waals surface area contributed by atoms with Gasteiger partial charge in [0.1, 0.15) is 5.60 Å². The number of piperidine rings is 1. The van der Waals surface area contributed by atoms with E-state index in [2.05, 4.69) is 5.48 Å². The van der Waals surface area contributed by atoms with E-state index < -0.39 is 5.60 Å². The van der Waals surface area contributed by atoms with E-state index in [1.54, 1.807) is 11.0 Å². The minimum atomic E-state index is -0.482. The summed E-state index contributed by atoms with van der Waals surface area (Å²) in [7, 11) is 0. The molecule has 26 heavy (non-hydrogen) atoms. The first-order valence-corrected chi connectivity index (χ1v) is 9.52. The summed E-state index contributed by atoms with van der Waals surface area (Å²) in [5.41, 5.74) is 5.68. The Morgan fingerprint density at radius 2 is 1.88 bits per heavy atom. The molecule has 7 heteroatoms. The number of hydrogen-bond acceptors (Lipinski definition) is 4. The predicted molar refractivity (Wildman–Crippen MR) is 103 cm³/mol. The molecule has 1 amide bonds. The summed E-state index contributed by atoms with van der Waals surface area (Å²) in [6.45, 7) is 9.41. The number of nitrogens with zero attached hydrogens (tertiary/aromatic N) is 1. The molecule has 0 bridgehead atoms. The van der Waals surface area contributed by atoms with Crippen LogP contribution in [0.4, 0.5) is 4.79 Å². The van der Waals surface area contributed by atoms with Crippen molar-refractivity contribution >= 4 is 35.0 Å². The van der Waals surface area contributed by atoms with Crippen LogP contribution in [0.3, 0.4) is 0 Å². The van der Waals surface area contributed by atoms with Crippen LogP contribution in [0, 0.1) is 11.8 Å². The van der Waals surface area contributed by atoms with Crippen LogP contribution in [-0.2, 0) is 9.57 Å². The number of hydroxylamine groups is 1. The van der Waals surface area contributed by atoms with Crippen molar-refractivity contribution in [2.45, 2.75) is 33.3 Å². The molecule has 2 unspecified atom stereocenters. The van der Waals surface area contributed by atoms with Crippen LogP contribution >= 0.6 is 23.2 Å². The zero-order valence-electron chi connectivity index (χ0n) is 15.4. The maximum Gasteiger partial charge on any atom is 0.410 e. The van der Waals surface area contributed by atoms with E-state index >= 15 is 0 Å². The van der Waals surface area contributed by atoms with E-state index in [-0.39, 0.29) is 6.09 Å². The third-order valence-corrected chi connectivity index (χ3v) is 5.22. The van der Waals surface area contributed by atoms with Crippen LogP contribution < -0.4 is 5.48 Å². The molecular weight excluding hydrogens is 375 g/mol. The van der Waals surface area contributed by atoms with Gasteiger partial charge < -0.3 is 9.64 Å². The molecular formula is C19H24Cl2N2O3. The van der Waals surface area contributed by atoms with Gasteiger partial charge in [-0.1, -0.05) is 29.3 Å². The fourth-order valence-corrected chi connectivity index (χ4v) is 3.60. The normalized spacial score (nSPS) is 21.5. The van der Waals surface area contributed by atoms with Crippen molar-refractivity contribution in [3.63, 3.8) is 0 Å². The summed E-state index contributed by atoms with van der Waals surface area (Å²) in [5, 5.41) is 1.02. The molecule has 0 aromatic heterocycles. The number of hydrogen-bond donors (Lipinski definition) is 1. The third kappa shape index (κ3) is 4.11. The molecule has 2 fully saturated rings. The van der Waals surface area contributed by atoms with Crippen molar-refractivity contribution in [2.75, 3.05) is 19.7 Å². The van der Waals surface area contributed by atoms with Gasteiger partial charge in [-0.25, -0.2) is 4.79 Å². The lowest BCUT2D eigenvalue weighted by Gasteiger charge is -2.25. The Kier molecular flexibility index (Phi) is 5.42.